The lowest BCUT2D eigenvalue weighted by atomic mass is 10.0. The molecule has 1 N–H and O–H groups in total. The fraction of sp³-hybridized carbons (Fsp3) is 0.200. The van der Waals surface area contributed by atoms with Crippen molar-refractivity contribution in [2.45, 2.75) is 41.9 Å². The summed E-state index contributed by atoms with van der Waals surface area (Å²) in [5.41, 5.74) is 0.480. The van der Waals surface area contributed by atoms with E-state index >= 15 is 0 Å². The van der Waals surface area contributed by atoms with Crippen molar-refractivity contribution in [1.82, 2.24) is 9.88 Å². The van der Waals surface area contributed by atoms with Gasteiger partial charge in [-0.3, -0.25) is 9.78 Å². The first-order valence-electron chi connectivity index (χ1n) is 10.7. The Bertz CT molecular complexity index is 1270. The third-order valence-corrected chi connectivity index (χ3v) is 6.32. The average Bonchev–Trinajstić information content (AvgIpc) is 3.01. The number of pyridine rings is 1. The van der Waals surface area contributed by atoms with Crippen molar-refractivity contribution in [3.05, 3.63) is 84.4 Å². The van der Waals surface area contributed by atoms with Crippen LogP contribution in [0, 0.1) is 5.82 Å². The van der Waals surface area contributed by atoms with Crippen LogP contribution in [0.25, 0.3) is 0 Å². The molecule has 3 amide bonds. The van der Waals surface area contributed by atoms with Crippen LogP contribution in [0.3, 0.4) is 0 Å². The second-order valence-electron chi connectivity index (χ2n) is 8.28. The molecular weight excluding hydrogens is 514 g/mol. The Hall–Kier alpha value is -3.93. The Balaban J connectivity index is 0.000000479. The van der Waals surface area contributed by atoms with Gasteiger partial charge in [-0.15, -0.1) is 0 Å². The Morgan fingerprint density at radius 1 is 0.946 bits per heavy atom. The third kappa shape index (κ3) is 6.64. The van der Waals surface area contributed by atoms with Gasteiger partial charge in [0.25, 0.3) is 5.91 Å². The Morgan fingerprint density at radius 3 is 1.92 bits per heavy atom. The number of aromatic nitrogens is 1. The van der Waals surface area contributed by atoms with Crippen molar-refractivity contribution in [1.29, 1.82) is 0 Å². The molecule has 12 heteroatoms. The molecule has 1 aliphatic rings. The molecule has 2 aromatic carbocycles. The zero-order valence-electron chi connectivity index (χ0n) is 19.6. The summed E-state index contributed by atoms with van der Waals surface area (Å²) < 4.78 is 44.8. The summed E-state index contributed by atoms with van der Waals surface area (Å²) in [5, 5.41) is 7.12. The number of carbonyl (C=O) groups excluding carboxylic acids is 2. The molecule has 37 heavy (non-hydrogen) atoms. The summed E-state index contributed by atoms with van der Waals surface area (Å²) in [6.07, 6.45) is -1.75. The topological polar surface area (TPSA) is 90.8 Å². The van der Waals surface area contributed by atoms with Crippen molar-refractivity contribution < 1.29 is 37.1 Å². The minimum Gasteiger partial charge on any atom is -0.475 e. The van der Waals surface area contributed by atoms with Crippen LogP contribution >= 0.6 is 11.8 Å². The van der Waals surface area contributed by atoms with Gasteiger partial charge in [0, 0.05) is 28.7 Å². The third-order valence-electron chi connectivity index (χ3n) is 5.30. The van der Waals surface area contributed by atoms with Crippen molar-refractivity contribution in [3.8, 4) is 0 Å². The highest BCUT2D eigenvalue weighted by Crippen LogP contribution is 2.35. The van der Waals surface area contributed by atoms with E-state index in [0.29, 0.717) is 12.2 Å². The van der Waals surface area contributed by atoms with Gasteiger partial charge in [-0.25, -0.2) is 18.9 Å². The molecule has 0 atom stereocenters. The van der Waals surface area contributed by atoms with Gasteiger partial charge in [0.1, 0.15) is 11.4 Å². The summed E-state index contributed by atoms with van der Waals surface area (Å²) in [5.74, 6) is -3.30. The number of halogens is 4. The second-order valence-corrected chi connectivity index (χ2v) is 9.42. The molecule has 0 aliphatic carbocycles. The maximum Gasteiger partial charge on any atom is 0.490 e. The average molecular weight is 536 g/mol. The van der Waals surface area contributed by atoms with Crippen LogP contribution < -0.4 is 4.90 Å². The van der Waals surface area contributed by atoms with Crippen molar-refractivity contribution >= 4 is 35.4 Å². The Labute approximate surface area is 213 Å². The lowest BCUT2D eigenvalue weighted by Gasteiger charge is -2.27. The number of hydrogen-bond acceptors (Lipinski definition) is 5. The molecule has 1 fully saturated rings. The quantitative estimate of drug-likeness (QED) is 0.330. The summed E-state index contributed by atoms with van der Waals surface area (Å²) in [6, 6.07) is 16.8. The standard InChI is InChI=1S/C23H20FN3O2S.C2HF3O2/c1-23(2)21(28)27(22(29)26(23)15-16-11-13-25-14-12-16)18-5-9-20(10-6-18)30-19-7-3-17(24)4-8-19;3-2(4,5)1(6)7/h3-14H,15H2,1-2H3;(H,6,7). The number of amides is 3. The number of imide groups is 1. The Kier molecular flexibility index (Phi) is 8.22. The molecule has 7 nitrogen and oxygen atoms in total. The molecule has 3 aromatic rings. The smallest absolute Gasteiger partial charge is 0.475 e. The van der Waals surface area contributed by atoms with Crippen LogP contribution in [0.15, 0.2) is 82.8 Å². The minimum atomic E-state index is -5.08. The van der Waals surface area contributed by atoms with E-state index in [9.17, 15) is 27.2 Å². The van der Waals surface area contributed by atoms with Crippen LogP contribution in [-0.2, 0) is 16.1 Å². The van der Waals surface area contributed by atoms with Crippen LogP contribution in [0.5, 0.6) is 0 Å². The fourth-order valence-corrected chi connectivity index (χ4v) is 4.12. The van der Waals surface area contributed by atoms with E-state index in [1.165, 1.54) is 28.8 Å². The molecule has 2 heterocycles. The predicted octanol–water partition coefficient (Wildman–Crippen LogP) is 5.75. The Morgan fingerprint density at radius 2 is 1.43 bits per heavy atom. The summed E-state index contributed by atoms with van der Waals surface area (Å²) in [4.78, 5) is 43.7. The van der Waals surface area contributed by atoms with Crippen LogP contribution in [0.1, 0.15) is 19.4 Å². The molecule has 0 bridgehead atoms. The number of carboxylic acids is 1. The van der Waals surface area contributed by atoms with E-state index in [2.05, 4.69) is 4.98 Å². The minimum absolute atomic E-state index is 0.263. The van der Waals surface area contributed by atoms with Crippen LogP contribution in [-0.4, -0.2) is 44.6 Å². The van der Waals surface area contributed by atoms with Crippen molar-refractivity contribution in [3.63, 3.8) is 0 Å². The number of alkyl halides is 3. The normalized spacial score (nSPS) is 14.9. The van der Waals surface area contributed by atoms with Crippen molar-refractivity contribution in [2.24, 2.45) is 0 Å². The second kappa shape index (κ2) is 11.0. The van der Waals surface area contributed by atoms with E-state index in [4.69, 9.17) is 9.90 Å². The molecular formula is C25H21F4N3O4S. The molecule has 0 spiro atoms. The molecule has 194 valence electrons. The zero-order chi connectivity index (χ0) is 27.4. The van der Waals surface area contributed by atoms with Gasteiger partial charge in [-0.05, 0) is 80.1 Å². The van der Waals surface area contributed by atoms with E-state index in [1.807, 2.05) is 24.3 Å². The largest absolute Gasteiger partial charge is 0.490 e. The van der Waals surface area contributed by atoms with Gasteiger partial charge in [0.05, 0.1) is 5.69 Å². The number of aliphatic carboxylic acids is 1. The summed E-state index contributed by atoms with van der Waals surface area (Å²) in [7, 11) is 0. The van der Waals surface area contributed by atoms with Gasteiger partial charge in [0.15, 0.2) is 0 Å². The highest BCUT2D eigenvalue weighted by atomic mass is 32.2. The molecule has 4 rings (SSSR count). The maximum absolute atomic E-state index is 13.1. The first-order valence-corrected chi connectivity index (χ1v) is 11.5. The highest BCUT2D eigenvalue weighted by molar-refractivity contribution is 7.99. The number of benzene rings is 2. The lowest BCUT2D eigenvalue weighted by molar-refractivity contribution is -0.192. The first-order chi connectivity index (χ1) is 17.3. The molecule has 1 aromatic heterocycles. The molecule has 1 aliphatic heterocycles. The van der Waals surface area contributed by atoms with E-state index in [0.717, 1.165) is 15.4 Å². The van der Waals surface area contributed by atoms with E-state index in [-0.39, 0.29) is 17.8 Å². The number of rotatable bonds is 5. The lowest BCUT2D eigenvalue weighted by Crippen LogP contribution is -2.43. The van der Waals surface area contributed by atoms with Gasteiger partial charge in [-0.2, -0.15) is 13.2 Å². The number of urea groups is 1. The zero-order valence-corrected chi connectivity index (χ0v) is 20.4. The number of carbonyl (C=O) groups is 3. The monoisotopic (exact) mass is 535 g/mol. The predicted molar refractivity (Wildman–Crippen MR) is 127 cm³/mol. The van der Waals surface area contributed by atoms with Crippen molar-refractivity contribution in [2.75, 3.05) is 4.90 Å². The molecule has 0 radical (unpaired) electrons. The number of carboxylic acid groups (broad SMARTS) is 1. The van der Waals surface area contributed by atoms with Crippen LogP contribution in [0.2, 0.25) is 0 Å². The van der Waals surface area contributed by atoms with E-state index in [1.54, 1.807) is 55.4 Å². The molecule has 0 unspecified atom stereocenters. The van der Waals surface area contributed by atoms with Gasteiger partial charge >= 0.3 is 18.2 Å². The fourth-order valence-electron chi connectivity index (χ4n) is 3.30. The van der Waals surface area contributed by atoms with Gasteiger partial charge in [-0.1, -0.05) is 11.8 Å². The summed E-state index contributed by atoms with van der Waals surface area (Å²) in [6.45, 7) is 3.84. The SMILES string of the molecule is CC1(C)C(=O)N(c2ccc(Sc3ccc(F)cc3)cc2)C(=O)N1Cc1ccncc1.O=C(O)C(F)(F)F. The van der Waals surface area contributed by atoms with Gasteiger partial charge in [0.2, 0.25) is 0 Å². The van der Waals surface area contributed by atoms with E-state index < -0.39 is 17.7 Å². The number of anilines is 1. The molecule has 1 saturated heterocycles. The number of hydrogen-bond donors (Lipinski definition) is 1. The number of nitrogens with zero attached hydrogens (tertiary/aromatic N) is 3. The maximum atomic E-state index is 13.1. The van der Waals surface area contributed by atoms with Crippen LogP contribution in [0.4, 0.5) is 28.0 Å². The van der Waals surface area contributed by atoms with Gasteiger partial charge < -0.3 is 10.0 Å². The highest BCUT2D eigenvalue weighted by Gasteiger charge is 2.51. The molecule has 0 saturated carbocycles. The first kappa shape index (κ1) is 27.7. The summed E-state index contributed by atoms with van der Waals surface area (Å²) >= 11 is 1.48.